The number of nitrogens with zero attached hydrogens (tertiary/aromatic N) is 5. The van der Waals surface area contributed by atoms with Crippen molar-refractivity contribution in [1.29, 1.82) is 0 Å². The van der Waals surface area contributed by atoms with E-state index in [4.69, 9.17) is 0 Å². The summed E-state index contributed by atoms with van der Waals surface area (Å²) in [5.41, 5.74) is 9.96. The van der Waals surface area contributed by atoms with Crippen LogP contribution >= 0.6 is 0 Å². The highest BCUT2D eigenvalue weighted by Crippen LogP contribution is 2.41. The molecular formula is C22H25N5. The van der Waals surface area contributed by atoms with Crippen molar-refractivity contribution < 1.29 is 0 Å². The number of fused-ring (bicyclic) bond motifs is 1. The molecule has 3 heterocycles. The molecule has 2 aromatic carbocycles. The Balaban J connectivity index is 1.57. The molecule has 27 heavy (non-hydrogen) atoms. The molecule has 0 radical (unpaired) electrons. The molecule has 0 aliphatic carbocycles. The maximum atomic E-state index is 4.65. The van der Waals surface area contributed by atoms with E-state index in [9.17, 15) is 0 Å². The molecule has 3 aromatic rings. The van der Waals surface area contributed by atoms with Gasteiger partial charge in [0.2, 0.25) is 5.95 Å². The zero-order valence-corrected chi connectivity index (χ0v) is 16.3. The monoisotopic (exact) mass is 359 g/mol. The molecule has 5 rings (SSSR count). The van der Waals surface area contributed by atoms with Gasteiger partial charge in [0.25, 0.3) is 0 Å². The lowest BCUT2D eigenvalue weighted by molar-refractivity contribution is 0.632. The van der Waals surface area contributed by atoms with Gasteiger partial charge in [0.1, 0.15) is 0 Å². The molecule has 0 amide bonds. The third-order valence-corrected chi connectivity index (χ3v) is 6.04. The van der Waals surface area contributed by atoms with Crippen molar-refractivity contribution in [1.82, 2.24) is 9.55 Å². The first kappa shape index (κ1) is 16.5. The Labute approximate surface area is 159 Å². The molecule has 5 heteroatoms. The van der Waals surface area contributed by atoms with Gasteiger partial charge in [-0.3, -0.25) is 0 Å². The summed E-state index contributed by atoms with van der Waals surface area (Å²) < 4.78 is 2.02. The van der Waals surface area contributed by atoms with Gasteiger partial charge in [0, 0.05) is 25.8 Å². The fourth-order valence-corrected chi connectivity index (χ4v) is 4.58. The summed E-state index contributed by atoms with van der Waals surface area (Å²) in [6.45, 7) is 6.68. The minimum Gasteiger partial charge on any atom is -0.371 e. The molecular weight excluding hydrogens is 334 g/mol. The Morgan fingerprint density at radius 2 is 1.81 bits per heavy atom. The largest absolute Gasteiger partial charge is 0.371 e. The van der Waals surface area contributed by atoms with E-state index in [1.165, 1.54) is 53.9 Å². The molecule has 0 atom stereocenters. The van der Waals surface area contributed by atoms with Gasteiger partial charge in [-0.2, -0.15) is 0 Å². The second-order valence-electron chi connectivity index (χ2n) is 7.86. The van der Waals surface area contributed by atoms with E-state index in [1.54, 1.807) is 0 Å². The van der Waals surface area contributed by atoms with Gasteiger partial charge < -0.3 is 9.47 Å². The number of benzene rings is 2. The summed E-state index contributed by atoms with van der Waals surface area (Å²) in [6.07, 6.45) is 4.76. The molecule has 0 fully saturated rings. The van der Waals surface area contributed by atoms with Gasteiger partial charge in [0.05, 0.1) is 16.7 Å². The lowest BCUT2D eigenvalue weighted by Gasteiger charge is -2.37. The van der Waals surface area contributed by atoms with Crippen LogP contribution in [0.1, 0.15) is 35.1 Å². The second-order valence-corrected chi connectivity index (χ2v) is 7.86. The van der Waals surface area contributed by atoms with Gasteiger partial charge in [-0.1, -0.05) is 6.07 Å². The van der Waals surface area contributed by atoms with Gasteiger partial charge in [-0.15, -0.1) is 10.2 Å². The number of aromatic nitrogens is 2. The Morgan fingerprint density at radius 3 is 2.67 bits per heavy atom. The molecule has 2 aliphatic rings. The molecule has 5 nitrogen and oxygen atoms in total. The van der Waals surface area contributed by atoms with Crippen LogP contribution in [0.5, 0.6) is 0 Å². The van der Waals surface area contributed by atoms with Crippen LogP contribution in [0.4, 0.5) is 17.3 Å². The molecule has 0 N–H and O–H groups in total. The fraction of sp³-hybridized carbons (Fsp3) is 0.409. The standard InChI is InChI=1S/C22H25N5/c1-14-8-9-18-20(12-14)26(3)22(23-18)25-24-19-13-16-6-4-10-27-11-5-7-17(15(19)2)21(16)27/h8-9,12-13H,4-7,10-11H2,1-3H3. The van der Waals surface area contributed by atoms with Gasteiger partial charge in [-0.05, 0) is 80.0 Å². The molecule has 0 spiro atoms. The maximum absolute atomic E-state index is 4.65. The Bertz CT molecular complexity index is 1070. The van der Waals surface area contributed by atoms with Crippen LogP contribution < -0.4 is 4.90 Å². The number of rotatable bonds is 2. The lowest BCUT2D eigenvalue weighted by Crippen LogP contribution is -2.34. The van der Waals surface area contributed by atoms with E-state index in [1.807, 2.05) is 17.7 Å². The Kier molecular flexibility index (Phi) is 3.78. The van der Waals surface area contributed by atoms with E-state index >= 15 is 0 Å². The number of azo groups is 1. The Hall–Kier alpha value is -2.69. The van der Waals surface area contributed by atoms with E-state index in [0.29, 0.717) is 5.95 Å². The van der Waals surface area contributed by atoms with Crippen molar-refractivity contribution in [2.75, 3.05) is 18.0 Å². The van der Waals surface area contributed by atoms with Crippen molar-refractivity contribution in [3.63, 3.8) is 0 Å². The number of hydrogen-bond acceptors (Lipinski definition) is 4. The van der Waals surface area contributed by atoms with Crippen molar-refractivity contribution in [2.24, 2.45) is 17.3 Å². The summed E-state index contributed by atoms with van der Waals surface area (Å²) in [7, 11) is 2.00. The first-order valence-corrected chi connectivity index (χ1v) is 9.87. The molecule has 2 aliphatic heterocycles. The predicted octanol–water partition coefficient (Wildman–Crippen LogP) is 5.30. The van der Waals surface area contributed by atoms with E-state index in [2.05, 4.69) is 52.2 Å². The third-order valence-electron chi connectivity index (χ3n) is 6.04. The van der Waals surface area contributed by atoms with Crippen molar-refractivity contribution in [3.05, 3.63) is 46.5 Å². The normalized spacial score (nSPS) is 16.3. The molecule has 0 bridgehead atoms. The van der Waals surface area contributed by atoms with Crippen LogP contribution in [0.15, 0.2) is 34.5 Å². The molecule has 1 aromatic heterocycles. The van der Waals surface area contributed by atoms with E-state index in [-0.39, 0.29) is 0 Å². The fourth-order valence-electron chi connectivity index (χ4n) is 4.58. The molecule has 0 saturated heterocycles. The highest BCUT2D eigenvalue weighted by atomic mass is 15.3. The quantitative estimate of drug-likeness (QED) is 0.583. The SMILES string of the molecule is Cc1ccc2nc(N=Nc3cc4c5c(c3C)CCCN5CCC4)n(C)c2c1. The zero-order valence-electron chi connectivity index (χ0n) is 16.3. The van der Waals surface area contributed by atoms with Crippen molar-refractivity contribution in [3.8, 4) is 0 Å². The van der Waals surface area contributed by atoms with Crippen LogP contribution in [0, 0.1) is 13.8 Å². The predicted molar refractivity (Wildman–Crippen MR) is 110 cm³/mol. The maximum Gasteiger partial charge on any atom is 0.250 e. The van der Waals surface area contributed by atoms with E-state index in [0.717, 1.165) is 29.6 Å². The van der Waals surface area contributed by atoms with Crippen LogP contribution in [-0.4, -0.2) is 22.6 Å². The molecule has 0 unspecified atom stereocenters. The highest BCUT2D eigenvalue weighted by Gasteiger charge is 2.26. The third kappa shape index (κ3) is 2.64. The number of anilines is 1. The lowest BCUT2D eigenvalue weighted by atomic mass is 9.88. The first-order valence-electron chi connectivity index (χ1n) is 9.87. The second kappa shape index (κ2) is 6.19. The minimum absolute atomic E-state index is 0.656. The summed E-state index contributed by atoms with van der Waals surface area (Å²) in [5, 5.41) is 9.17. The highest BCUT2D eigenvalue weighted by molar-refractivity contribution is 5.78. The van der Waals surface area contributed by atoms with E-state index < -0.39 is 0 Å². The average molecular weight is 359 g/mol. The van der Waals surface area contributed by atoms with Crippen molar-refractivity contribution >= 4 is 28.4 Å². The summed E-state index contributed by atoms with van der Waals surface area (Å²) in [4.78, 5) is 7.21. The van der Waals surface area contributed by atoms with Crippen LogP contribution in [-0.2, 0) is 19.9 Å². The average Bonchev–Trinajstić information content (AvgIpc) is 2.99. The van der Waals surface area contributed by atoms with Crippen molar-refractivity contribution in [2.45, 2.75) is 39.5 Å². The number of hydrogen-bond donors (Lipinski definition) is 0. The summed E-state index contributed by atoms with van der Waals surface area (Å²) >= 11 is 0. The molecule has 0 saturated carbocycles. The van der Waals surface area contributed by atoms with Gasteiger partial charge in [0.15, 0.2) is 0 Å². The van der Waals surface area contributed by atoms with Gasteiger partial charge >= 0.3 is 0 Å². The number of aryl methyl sites for hydroxylation is 3. The Morgan fingerprint density at radius 1 is 1.00 bits per heavy atom. The molecule has 138 valence electrons. The number of imidazole rings is 1. The van der Waals surface area contributed by atoms with Crippen LogP contribution in [0.3, 0.4) is 0 Å². The van der Waals surface area contributed by atoms with Crippen LogP contribution in [0.25, 0.3) is 11.0 Å². The minimum atomic E-state index is 0.656. The smallest absolute Gasteiger partial charge is 0.250 e. The summed E-state index contributed by atoms with van der Waals surface area (Å²) in [5.74, 6) is 0.656. The topological polar surface area (TPSA) is 45.8 Å². The van der Waals surface area contributed by atoms with Crippen LogP contribution in [0.2, 0.25) is 0 Å². The first-order chi connectivity index (χ1) is 13.1. The zero-order chi connectivity index (χ0) is 18.5. The summed E-state index contributed by atoms with van der Waals surface area (Å²) in [6, 6.07) is 8.53. The van der Waals surface area contributed by atoms with Gasteiger partial charge in [-0.25, -0.2) is 4.98 Å².